The van der Waals surface area contributed by atoms with E-state index in [1.165, 1.54) is 0 Å². The molecular formula is C12H17NO2. The van der Waals surface area contributed by atoms with E-state index in [0.29, 0.717) is 13.2 Å². The van der Waals surface area contributed by atoms with Gasteiger partial charge in [0.2, 0.25) is 0 Å². The van der Waals surface area contributed by atoms with Crippen LogP contribution in [0.4, 0.5) is 0 Å². The zero-order valence-electron chi connectivity index (χ0n) is 9.19. The first kappa shape index (κ1) is 11.6. The van der Waals surface area contributed by atoms with Gasteiger partial charge in [0.1, 0.15) is 6.61 Å². The maximum Gasteiger partial charge on any atom is 0.166 e. The van der Waals surface area contributed by atoms with E-state index in [9.17, 15) is 0 Å². The normalized spacial score (nSPS) is 10.6. The fourth-order valence-corrected chi connectivity index (χ4v) is 1.27. The topological polar surface area (TPSA) is 44.5 Å². The Balaban J connectivity index is 2.89. The molecule has 0 spiro atoms. The summed E-state index contributed by atoms with van der Waals surface area (Å²) in [5, 5.41) is 0. The van der Waals surface area contributed by atoms with Gasteiger partial charge in [-0.1, -0.05) is 24.3 Å². The first-order valence-electron chi connectivity index (χ1n) is 4.93. The Hall–Kier alpha value is -1.48. The van der Waals surface area contributed by atoms with Crippen molar-refractivity contribution in [3.05, 3.63) is 35.9 Å². The van der Waals surface area contributed by atoms with Crippen LogP contribution in [0.15, 0.2) is 30.4 Å². The third-order valence-corrected chi connectivity index (χ3v) is 2.06. The van der Waals surface area contributed by atoms with Crippen molar-refractivity contribution in [2.24, 2.45) is 5.73 Å². The molecule has 3 heteroatoms. The predicted octanol–water partition coefficient (Wildman–Crippen LogP) is 2.11. The van der Waals surface area contributed by atoms with Gasteiger partial charge in [0.15, 0.2) is 11.5 Å². The number of hydrogen-bond acceptors (Lipinski definition) is 3. The lowest BCUT2D eigenvalue weighted by Crippen LogP contribution is -2.04. The quantitative estimate of drug-likeness (QED) is 0.752. The van der Waals surface area contributed by atoms with E-state index in [2.05, 4.69) is 0 Å². The minimum absolute atomic E-state index is 0.447. The third kappa shape index (κ3) is 2.99. The van der Waals surface area contributed by atoms with E-state index in [1.807, 2.05) is 37.3 Å². The van der Waals surface area contributed by atoms with E-state index in [-0.39, 0.29) is 0 Å². The molecule has 0 aliphatic heterocycles. The summed E-state index contributed by atoms with van der Waals surface area (Å²) in [6.45, 7) is 2.93. The highest BCUT2D eigenvalue weighted by molar-refractivity contribution is 5.46. The predicted molar refractivity (Wildman–Crippen MR) is 61.2 cm³/mol. The van der Waals surface area contributed by atoms with Crippen molar-refractivity contribution in [2.45, 2.75) is 13.5 Å². The van der Waals surface area contributed by atoms with Gasteiger partial charge in [-0.15, -0.1) is 0 Å². The van der Waals surface area contributed by atoms with Crippen LogP contribution >= 0.6 is 0 Å². The standard InChI is InChI=1S/C12H17NO2/c1-3-4-8-15-12-10(9-13)6-5-7-11(12)14-2/h3-7H,8-9,13H2,1-2H3. The first-order chi connectivity index (χ1) is 7.33. The number of benzene rings is 1. The van der Waals surface area contributed by atoms with Gasteiger partial charge >= 0.3 is 0 Å². The Kier molecular flexibility index (Phi) is 4.71. The molecule has 0 saturated carbocycles. The van der Waals surface area contributed by atoms with Crippen molar-refractivity contribution in [3.8, 4) is 11.5 Å². The van der Waals surface area contributed by atoms with Crippen molar-refractivity contribution in [1.29, 1.82) is 0 Å². The van der Waals surface area contributed by atoms with Crippen LogP contribution in [-0.4, -0.2) is 13.7 Å². The molecule has 0 aliphatic carbocycles. The van der Waals surface area contributed by atoms with Gasteiger partial charge in [0.05, 0.1) is 7.11 Å². The smallest absolute Gasteiger partial charge is 0.166 e. The van der Waals surface area contributed by atoms with Gasteiger partial charge in [-0.3, -0.25) is 0 Å². The summed E-state index contributed by atoms with van der Waals surface area (Å²) in [4.78, 5) is 0. The van der Waals surface area contributed by atoms with Gasteiger partial charge in [-0.2, -0.15) is 0 Å². The minimum atomic E-state index is 0.447. The lowest BCUT2D eigenvalue weighted by Gasteiger charge is -2.12. The van der Waals surface area contributed by atoms with Crippen LogP contribution in [0.25, 0.3) is 0 Å². The fourth-order valence-electron chi connectivity index (χ4n) is 1.27. The number of rotatable bonds is 5. The van der Waals surface area contributed by atoms with E-state index in [4.69, 9.17) is 15.2 Å². The van der Waals surface area contributed by atoms with E-state index in [1.54, 1.807) is 7.11 Å². The Morgan fingerprint density at radius 2 is 2.20 bits per heavy atom. The maximum absolute atomic E-state index is 5.62. The first-order valence-corrected chi connectivity index (χ1v) is 4.93. The van der Waals surface area contributed by atoms with Gasteiger partial charge in [-0.25, -0.2) is 0 Å². The molecule has 0 heterocycles. The summed E-state index contributed by atoms with van der Waals surface area (Å²) >= 11 is 0. The largest absolute Gasteiger partial charge is 0.493 e. The Labute approximate surface area is 90.5 Å². The molecule has 0 atom stereocenters. The summed E-state index contributed by atoms with van der Waals surface area (Å²) in [5.41, 5.74) is 6.58. The average molecular weight is 207 g/mol. The minimum Gasteiger partial charge on any atom is -0.493 e. The number of nitrogens with two attached hydrogens (primary N) is 1. The van der Waals surface area contributed by atoms with Crippen LogP contribution in [0.2, 0.25) is 0 Å². The SMILES string of the molecule is CC=CCOc1c(CN)cccc1OC. The molecule has 0 fully saturated rings. The lowest BCUT2D eigenvalue weighted by atomic mass is 10.2. The highest BCUT2D eigenvalue weighted by Gasteiger charge is 2.08. The molecule has 3 nitrogen and oxygen atoms in total. The van der Waals surface area contributed by atoms with Crippen LogP contribution in [0.1, 0.15) is 12.5 Å². The van der Waals surface area contributed by atoms with Gasteiger partial charge in [0.25, 0.3) is 0 Å². The van der Waals surface area contributed by atoms with E-state index in [0.717, 1.165) is 17.1 Å². The number of para-hydroxylation sites is 1. The van der Waals surface area contributed by atoms with E-state index < -0.39 is 0 Å². The summed E-state index contributed by atoms with van der Waals surface area (Å²) < 4.78 is 10.8. The number of ether oxygens (including phenoxy) is 2. The molecule has 0 unspecified atom stereocenters. The fraction of sp³-hybridized carbons (Fsp3) is 0.333. The Morgan fingerprint density at radius 1 is 1.40 bits per heavy atom. The molecule has 1 rings (SSSR count). The molecule has 1 aromatic carbocycles. The van der Waals surface area contributed by atoms with Crippen molar-refractivity contribution in [3.63, 3.8) is 0 Å². The van der Waals surface area contributed by atoms with Gasteiger partial charge < -0.3 is 15.2 Å². The molecule has 0 aromatic heterocycles. The molecular weight excluding hydrogens is 190 g/mol. The summed E-state index contributed by atoms with van der Waals surface area (Å²) in [5.74, 6) is 1.46. The second kappa shape index (κ2) is 6.09. The Bertz CT molecular complexity index is 312. The van der Waals surface area contributed by atoms with E-state index >= 15 is 0 Å². The van der Waals surface area contributed by atoms with Crippen molar-refractivity contribution in [1.82, 2.24) is 0 Å². The van der Waals surface area contributed by atoms with Gasteiger partial charge in [0, 0.05) is 12.1 Å². The highest BCUT2D eigenvalue weighted by Crippen LogP contribution is 2.30. The molecule has 0 bridgehead atoms. The Morgan fingerprint density at radius 3 is 2.80 bits per heavy atom. The number of hydrogen-bond donors (Lipinski definition) is 1. The average Bonchev–Trinajstić information content (AvgIpc) is 2.29. The number of methoxy groups -OCH3 is 1. The second-order valence-corrected chi connectivity index (χ2v) is 3.03. The highest BCUT2D eigenvalue weighted by atomic mass is 16.5. The van der Waals surface area contributed by atoms with Crippen molar-refractivity contribution >= 4 is 0 Å². The molecule has 2 N–H and O–H groups in total. The van der Waals surface area contributed by atoms with Crippen molar-refractivity contribution in [2.75, 3.05) is 13.7 Å². The summed E-state index contributed by atoms with van der Waals surface area (Å²) in [6.07, 6.45) is 3.88. The molecule has 82 valence electrons. The van der Waals surface area contributed by atoms with Crippen LogP contribution in [0.5, 0.6) is 11.5 Å². The second-order valence-electron chi connectivity index (χ2n) is 3.03. The molecule has 0 radical (unpaired) electrons. The summed E-state index contributed by atoms with van der Waals surface area (Å²) in [7, 11) is 1.62. The van der Waals surface area contributed by atoms with Gasteiger partial charge in [-0.05, 0) is 13.0 Å². The number of allylic oxidation sites excluding steroid dienone is 1. The maximum atomic E-state index is 5.62. The molecule has 0 aliphatic rings. The zero-order valence-corrected chi connectivity index (χ0v) is 9.19. The zero-order chi connectivity index (χ0) is 11.1. The van der Waals surface area contributed by atoms with Crippen LogP contribution in [-0.2, 0) is 6.54 Å². The molecule has 15 heavy (non-hydrogen) atoms. The lowest BCUT2D eigenvalue weighted by molar-refractivity contribution is 0.323. The van der Waals surface area contributed by atoms with Crippen LogP contribution < -0.4 is 15.2 Å². The van der Waals surface area contributed by atoms with Crippen LogP contribution in [0.3, 0.4) is 0 Å². The molecule has 0 amide bonds. The molecule has 1 aromatic rings. The summed E-state index contributed by atoms with van der Waals surface area (Å²) in [6, 6.07) is 5.71. The van der Waals surface area contributed by atoms with Crippen molar-refractivity contribution < 1.29 is 9.47 Å². The monoisotopic (exact) mass is 207 g/mol. The van der Waals surface area contributed by atoms with Crippen LogP contribution in [0, 0.1) is 0 Å². The molecule has 0 saturated heterocycles. The third-order valence-electron chi connectivity index (χ3n) is 2.06.